The molecule has 252 valence electrons. The van der Waals surface area contributed by atoms with Gasteiger partial charge in [-0.05, 0) is 55.0 Å². The molecule has 0 unspecified atom stereocenters. The molecule has 1 saturated heterocycles. The fourth-order valence-corrected chi connectivity index (χ4v) is 5.16. The Labute approximate surface area is 272 Å². The Morgan fingerprint density at radius 1 is 1.04 bits per heavy atom. The number of benzene rings is 3. The van der Waals surface area contributed by atoms with E-state index in [1.807, 2.05) is 19.1 Å². The second kappa shape index (κ2) is 13.9. The summed E-state index contributed by atoms with van der Waals surface area (Å²) in [6.45, 7) is 1.73. The van der Waals surface area contributed by atoms with Crippen LogP contribution in [-0.4, -0.2) is 63.7 Å². The summed E-state index contributed by atoms with van der Waals surface area (Å²) in [5.41, 5.74) is 2.38. The first kappa shape index (κ1) is 34.2. The standard InChI is InChI=1S/C30H24F6N6O5S/c1-17-3-4-18(13-45-2)24(11-17)42-25(43)14-48-28(42)39-27(44)38-16-46-21-9-10-22(23(31)12-21)26-37-15-41(40-26)19-5-7-20(8-6-19)47-30(35,36)29(32,33)34/h3-12,15H,13-14,16H2,1-2H3,(H,38,44). The number of methoxy groups -OCH3 is 1. The van der Waals surface area contributed by atoms with Crippen molar-refractivity contribution in [3.63, 3.8) is 0 Å². The lowest BCUT2D eigenvalue weighted by molar-refractivity contribution is -0.360. The maximum absolute atomic E-state index is 15.0. The third kappa shape index (κ3) is 7.71. The molecule has 0 spiro atoms. The van der Waals surface area contributed by atoms with E-state index in [9.17, 15) is 35.9 Å². The number of hydrogen-bond acceptors (Lipinski definition) is 8. The van der Waals surface area contributed by atoms with Crippen LogP contribution in [0.5, 0.6) is 11.5 Å². The molecule has 0 aliphatic carbocycles. The van der Waals surface area contributed by atoms with Gasteiger partial charge in [0.25, 0.3) is 0 Å². The smallest absolute Gasteiger partial charge is 0.473 e. The number of amidine groups is 1. The topological polar surface area (TPSA) is 120 Å². The zero-order valence-corrected chi connectivity index (χ0v) is 25.7. The van der Waals surface area contributed by atoms with E-state index in [1.165, 1.54) is 30.5 Å². The van der Waals surface area contributed by atoms with Gasteiger partial charge in [-0.2, -0.15) is 26.9 Å². The number of halogens is 6. The molecule has 0 bridgehead atoms. The number of rotatable bonds is 10. The molecular weight excluding hydrogens is 670 g/mol. The van der Waals surface area contributed by atoms with Gasteiger partial charge in [-0.1, -0.05) is 23.9 Å². The highest BCUT2D eigenvalue weighted by Gasteiger charge is 2.61. The first-order valence-electron chi connectivity index (χ1n) is 13.7. The zero-order valence-electron chi connectivity index (χ0n) is 24.9. The molecule has 1 aliphatic heterocycles. The maximum Gasteiger partial charge on any atom is 0.499 e. The van der Waals surface area contributed by atoms with Crippen LogP contribution in [0, 0.1) is 12.7 Å². The van der Waals surface area contributed by atoms with E-state index < -0.39 is 29.9 Å². The number of amides is 3. The molecular formula is C30H24F6N6O5S. The number of carbonyl (C=O) groups excluding carboxylic acids is 2. The highest BCUT2D eigenvalue weighted by molar-refractivity contribution is 8.15. The lowest BCUT2D eigenvalue weighted by Crippen LogP contribution is -2.41. The van der Waals surface area contributed by atoms with Crippen LogP contribution in [0.3, 0.4) is 0 Å². The van der Waals surface area contributed by atoms with Crippen LogP contribution in [0.15, 0.2) is 72.0 Å². The lowest BCUT2D eigenvalue weighted by atomic mass is 10.1. The van der Waals surface area contributed by atoms with Crippen LogP contribution in [-0.2, 0) is 16.1 Å². The summed E-state index contributed by atoms with van der Waals surface area (Å²) < 4.78 is 94.0. The van der Waals surface area contributed by atoms with Crippen LogP contribution in [0.1, 0.15) is 11.1 Å². The lowest BCUT2D eigenvalue weighted by Gasteiger charge is -2.20. The number of ether oxygens (including phenoxy) is 3. The normalized spacial score (nSPS) is 14.5. The van der Waals surface area contributed by atoms with E-state index in [-0.39, 0.29) is 53.0 Å². The van der Waals surface area contributed by atoms with Crippen molar-refractivity contribution in [1.82, 2.24) is 20.1 Å². The van der Waals surface area contributed by atoms with Crippen molar-refractivity contribution in [1.29, 1.82) is 0 Å². The molecule has 48 heavy (non-hydrogen) atoms. The number of aliphatic imine (C=N–C) groups is 1. The molecule has 3 aromatic carbocycles. The van der Waals surface area contributed by atoms with Crippen molar-refractivity contribution < 1.29 is 50.1 Å². The molecule has 0 atom stereocenters. The summed E-state index contributed by atoms with van der Waals surface area (Å²) in [7, 11) is 1.53. The number of aromatic nitrogens is 3. The third-order valence-electron chi connectivity index (χ3n) is 6.56. The minimum atomic E-state index is -5.89. The van der Waals surface area contributed by atoms with Crippen molar-refractivity contribution in [2.75, 3.05) is 24.5 Å². The van der Waals surface area contributed by atoms with E-state index in [2.05, 4.69) is 25.1 Å². The number of alkyl halides is 5. The third-order valence-corrected chi connectivity index (χ3v) is 7.48. The van der Waals surface area contributed by atoms with Crippen molar-refractivity contribution in [2.24, 2.45) is 4.99 Å². The monoisotopic (exact) mass is 694 g/mol. The average molecular weight is 695 g/mol. The Morgan fingerprint density at radius 3 is 2.46 bits per heavy atom. The summed E-state index contributed by atoms with van der Waals surface area (Å²) in [6, 6.07) is 12.6. The fraction of sp³-hybridized carbons (Fsp3) is 0.233. The summed E-state index contributed by atoms with van der Waals surface area (Å²) in [5, 5.41) is 6.72. The number of nitrogens with one attached hydrogen (secondary N) is 1. The highest BCUT2D eigenvalue weighted by Crippen LogP contribution is 2.37. The zero-order chi connectivity index (χ0) is 34.6. The molecule has 18 heteroatoms. The number of thioether (sulfide) groups is 1. The molecule has 5 rings (SSSR count). The second-order valence-electron chi connectivity index (χ2n) is 10.0. The van der Waals surface area contributed by atoms with E-state index in [1.54, 1.807) is 6.07 Å². The summed E-state index contributed by atoms with van der Waals surface area (Å²) in [5.74, 6) is -1.69. The van der Waals surface area contributed by atoms with E-state index in [0.29, 0.717) is 5.69 Å². The second-order valence-corrected chi connectivity index (χ2v) is 11.0. The molecule has 11 nitrogen and oxygen atoms in total. The summed E-state index contributed by atoms with van der Waals surface area (Å²) in [6.07, 6.45) is -10.1. The van der Waals surface area contributed by atoms with Gasteiger partial charge in [-0.3, -0.25) is 9.69 Å². The summed E-state index contributed by atoms with van der Waals surface area (Å²) >= 11 is 1.10. The number of aryl methyl sites for hydroxylation is 1. The van der Waals surface area contributed by atoms with Gasteiger partial charge in [0, 0.05) is 18.7 Å². The van der Waals surface area contributed by atoms with Gasteiger partial charge in [0.2, 0.25) is 5.91 Å². The van der Waals surface area contributed by atoms with E-state index in [0.717, 1.165) is 57.9 Å². The molecule has 1 N–H and O–H groups in total. The first-order valence-corrected chi connectivity index (χ1v) is 14.7. The Kier molecular flexibility index (Phi) is 9.95. The van der Waals surface area contributed by atoms with Crippen LogP contribution in [0.2, 0.25) is 0 Å². The number of hydrogen-bond donors (Lipinski definition) is 1. The largest absolute Gasteiger partial charge is 0.499 e. The SMILES string of the molecule is COCc1ccc(C)cc1N1C(=O)CSC1=NC(=O)NCOc1ccc(-c2ncn(-c3ccc(OC(F)(F)C(F)(F)F)cc3)n2)c(F)c1. The van der Waals surface area contributed by atoms with Crippen LogP contribution in [0.4, 0.5) is 36.8 Å². The van der Waals surface area contributed by atoms with Gasteiger partial charge < -0.3 is 19.5 Å². The molecule has 0 radical (unpaired) electrons. The molecule has 1 fully saturated rings. The van der Waals surface area contributed by atoms with Gasteiger partial charge in [-0.25, -0.2) is 18.9 Å². The maximum atomic E-state index is 15.0. The molecule has 2 heterocycles. The quantitative estimate of drug-likeness (QED) is 0.153. The van der Waals surface area contributed by atoms with Gasteiger partial charge >= 0.3 is 18.3 Å². The minimum Gasteiger partial charge on any atom is -0.473 e. The van der Waals surface area contributed by atoms with Crippen molar-refractivity contribution in [2.45, 2.75) is 25.8 Å². The average Bonchev–Trinajstić information content (AvgIpc) is 3.65. The van der Waals surface area contributed by atoms with Crippen LogP contribution in [0.25, 0.3) is 17.1 Å². The molecule has 4 aromatic rings. The van der Waals surface area contributed by atoms with E-state index >= 15 is 0 Å². The summed E-state index contributed by atoms with van der Waals surface area (Å²) in [4.78, 5) is 34.6. The van der Waals surface area contributed by atoms with Crippen LogP contribution < -0.4 is 19.7 Å². The van der Waals surface area contributed by atoms with Gasteiger partial charge in [-0.15, -0.1) is 5.10 Å². The predicted molar refractivity (Wildman–Crippen MR) is 162 cm³/mol. The Hall–Kier alpha value is -5.10. The van der Waals surface area contributed by atoms with Crippen molar-refractivity contribution in [3.8, 4) is 28.6 Å². The number of carbonyl (C=O) groups is 2. The molecule has 1 aliphatic rings. The van der Waals surface area contributed by atoms with Crippen molar-refractivity contribution >= 4 is 34.6 Å². The number of anilines is 1. The Balaban J connectivity index is 1.19. The number of nitrogens with zero attached hydrogens (tertiary/aromatic N) is 5. The van der Waals surface area contributed by atoms with Crippen molar-refractivity contribution in [3.05, 3.63) is 83.9 Å². The molecule has 3 amide bonds. The number of urea groups is 1. The Bertz CT molecular complexity index is 1850. The molecule has 0 saturated carbocycles. The van der Waals surface area contributed by atoms with Gasteiger partial charge in [0.15, 0.2) is 17.7 Å². The first-order chi connectivity index (χ1) is 22.8. The molecule has 1 aromatic heterocycles. The minimum absolute atomic E-state index is 0.0340. The van der Waals surface area contributed by atoms with E-state index in [4.69, 9.17) is 9.47 Å². The predicted octanol–water partition coefficient (Wildman–Crippen LogP) is 6.24. The fourth-order valence-electron chi connectivity index (χ4n) is 4.30. The van der Waals surface area contributed by atoms with Crippen LogP contribution >= 0.6 is 11.8 Å². The van der Waals surface area contributed by atoms with Gasteiger partial charge in [0.05, 0.1) is 29.3 Å². The highest BCUT2D eigenvalue weighted by atomic mass is 32.2. The Morgan fingerprint density at radius 2 is 1.77 bits per heavy atom. The van der Waals surface area contributed by atoms with Gasteiger partial charge in [0.1, 0.15) is 23.6 Å².